The summed E-state index contributed by atoms with van der Waals surface area (Å²) in [4.78, 5) is 3.83. The van der Waals surface area contributed by atoms with E-state index in [0.717, 1.165) is 12.1 Å². The highest BCUT2D eigenvalue weighted by Gasteiger charge is 2.35. The second-order valence-corrected chi connectivity index (χ2v) is 4.29. The number of benzene rings is 1. The number of alkyl halides is 3. The third-order valence-electron chi connectivity index (χ3n) is 2.84. The largest absolute Gasteiger partial charge is 0.419 e. The second kappa shape index (κ2) is 5.58. The lowest BCUT2D eigenvalue weighted by atomic mass is 9.99. The number of aliphatic hydroxyl groups excluding tert-OH is 1. The summed E-state index contributed by atoms with van der Waals surface area (Å²) in [5, 5.41) is 9.91. The van der Waals surface area contributed by atoms with Gasteiger partial charge < -0.3 is 5.11 Å². The molecule has 0 aliphatic carbocycles. The fourth-order valence-corrected chi connectivity index (χ4v) is 1.88. The molecule has 2 rings (SSSR count). The highest BCUT2D eigenvalue weighted by Crippen LogP contribution is 2.34. The molecular formula is C14H11F4NO. The fraction of sp³-hybridized carbons (Fsp3) is 0.214. The number of hydrogen-bond acceptors (Lipinski definition) is 2. The molecule has 0 aliphatic heterocycles. The smallest absolute Gasteiger partial charge is 0.388 e. The van der Waals surface area contributed by atoms with Crippen molar-refractivity contribution in [3.8, 4) is 0 Å². The summed E-state index contributed by atoms with van der Waals surface area (Å²) < 4.78 is 51.6. The molecule has 1 unspecified atom stereocenters. The molecule has 0 fully saturated rings. The molecule has 106 valence electrons. The Morgan fingerprint density at radius 2 is 1.90 bits per heavy atom. The summed E-state index contributed by atoms with van der Waals surface area (Å²) in [5.74, 6) is -1.43. The number of halogens is 4. The van der Waals surface area contributed by atoms with E-state index in [2.05, 4.69) is 4.98 Å². The first-order valence-electron chi connectivity index (χ1n) is 5.82. The Morgan fingerprint density at radius 1 is 1.15 bits per heavy atom. The van der Waals surface area contributed by atoms with Crippen LogP contribution in [0.25, 0.3) is 0 Å². The van der Waals surface area contributed by atoms with Crippen LogP contribution in [0, 0.1) is 5.82 Å². The fourth-order valence-electron chi connectivity index (χ4n) is 1.88. The van der Waals surface area contributed by atoms with E-state index in [1.165, 1.54) is 12.4 Å². The van der Waals surface area contributed by atoms with Gasteiger partial charge in [0.15, 0.2) is 0 Å². The number of rotatable bonds is 3. The minimum Gasteiger partial charge on any atom is -0.388 e. The van der Waals surface area contributed by atoms with Crippen LogP contribution in [0.2, 0.25) is 0 Å². The van der Waals surface area contributed by atoms with Crippen LogP contribution in [0.5, 0.6) is 0 Å². The van der Waals surface area contributed by atoms with Gasteiger partial charge in [0.05, 0.1) is 11.7 Å². The maximum atomic E-state index is 13.8. The van der Waals surface area contributed by atoms with Crippen molar-refractivity contribution in [3.05, 3.63) is 65.2 Å². The molecule has 0 saturated carbocycles. The lowest BCUT2D eigenvalue weighted by molar-refractivity contribution is -0.140. The number of nitrogens with zero attached hydrogens (tertiary/aromatic N) is 1. The molecule has 2 aromatic rings. The van der Waals surface area contributed by atoms with Gasteiger partial charge in [-0.3, -0.25) is 4.98 Å². The normalized spacial score (nSPS) is 13.2. The van der Waals surface area contributed by atoms with E-state index in [1.807, 2.05) is 0 Å². The second-order valence-electron chi connectivity index (χ2n) is 4.29. The first-order chi connectivity index (χ1) is 9.39. The number of pyridine rings is 1. The maximum absolute atomic E-state index is 13.8. The van der Waals surface area contributed by atoms with Gasteiger partial charge in [-0.25, -0.2) is 4.39 Å². The molecule has 1 N–H and O–H groups in total. The molecule has 1 atom stereocenters. The van der Waals surface area contributed by atoms with Gasteiger partial charge in [-0.2, -0.15) is 13.2 Å². The van der Waals surface area contributed by atoms with Gasteiger partial charge >= 0.3 is 6.18 Å². The summed E-state index contributed by atoms with van der Waals surface area (Å²) in [5.41, 5.74) is -1.14. The Labute approximate surface area is 112 Å². The van der Waals surface area contributed by atoms with E-state index in [4.69, 9.17) is 0 Å². The molecule has 6 heteroatoms. The Hall–Kier alpha value is -1.95. The zero-order valence-electron chi connectivity index (χ0n) is 10.2. The van der Waals surface area contributed by atoms with Crippen molar-refractivity contribution in [1.29, 1.82) is 0 Å². The summed E-state index contributed by atoms with van der Waals surface area (Å²) in [6.45, 7) is 0. The molecule has 0 bridgehead atoms. The molecule has 20 heavy (non-hydrogen) atoms. The van der Waals surface area contributed by atoms with Crippen LogP contribution >= 0.6 is 0 Å². The first-order valence-corrected chi connectivity index (χ1v) is 5.82. The van der Waals surface area contributed by atoms with Crippen LogP contribution < -0.4 is 0 Å². The van der Waals surface area contributed by atoms with E-state index in [0.29, 0.717) is 11.6 Å². The zero-order chi connectivity index (χ0) is 14.8. The molecule has 0 radical (unpaired) electrons. The molecule has 0 amide bonds. The monoisotopic (exact) mass is 285 g/mol. The van der Waals surface area contributed by atoms with Crippen LogP contribution in [-0.2, 0) is 12.6 Å². The Morgan fingerprint density at radius 3 is 2.50 bits per heavy atom. The average molecular weight is 285 g/mol. The zero-order valence-corrected chi connectivity index (χ0v) is 10.2. The quantitative estimate of drug-likeness (QED) is 0.875. The standard InChI is InChI=1S/C14H11F4NO/c15-13-10(4-1-5-11(13)14(16,17)18)12(20)7-9-3-2-6-19-8-9/h1-6,8,12,20H,7H2. The van der Waals surface area contributed by atoms with Gasteiger partial charge in [-0.15, -0.1) is 0 Å². The molecular weight excluding hydrogens is 274 g/mol. The molecule has 1 heterocycles. The van der Waals surface area contributed by atoms with Crippen molar-refractivity contribution < 1.29 is 22.7 Å². The molecule has 0 aliphatic rings. The highest BCUT2D eigenvalue weighted by molar-refractivity contribution is 5.30. The van der Waals surface area contributed by atoms with Crippen LogP contribution in [0.4, 0.5) is 17.6 Å². The van der Waals surface area contributed by atoms with Crippen molar-refractivity contribution in [2.24, 2.45) is 0 Å². The third-order valence-corrected chi connectivity index (χ3v) is 2.84. The predicted molar refractivity (Wildman–Crippen MR) is 64.3 cm³/mol. The molecule has 2 nitrogen and oxygen atoms in total. The van der Waals surface area contributed by atoms with Gasteiger partial charge in [-0.05, 0) is 17.7 Å². The average Bonchev–Trinajstić information content (AvgIpc) is 2.38. The van der Waals surface area contributed by atoms with Crippen LogP contribution in [0.1, 0.15) is 22.8 Å². The number of aliphatic hydroxyl groups is 1. The first kappa shape index (κ1) is 14.5. The maximum Gasteiger partial charge on any atom is 0.419 e. The van der Waals surface area contributed by atoms with E-state index < -0.39 is 23.7 Å². The summed E-state index contributed by atoms with van der Waals surface area (Å²) in [7, 11) is 0. The molecule has 0 spiro atoms. The minimum atomic E-state index is -4.78. The van der Waals surface area contributed by atoms with E-state index in [9.17, 15) is 22.7 Å². The van der Waals surface area contributed by atoms with Gasteiger partial charge in [0, 0.05) is 24.4 Å². The van der Waals surface area contributed by atoms with E-state index in [1.54, 1.807) is 12.1 Å². The third kappa shape index (κ3) is 3.14. The summed E-state index contributed by atoms with van der Waals surface area (Å²) in [6, 6.07) is 6.15. The van der Waals surface area contributed by atoms with Gasteiger partial charge in [0.25, 0.3) is 0 Å². The number of aromatic nitrogens is 1. The SMILES string of the molecule is OC(Cc1cccnc1)c1cccc(C(F)(F)F)c1F. The van der Waals surface area contributed by atoms with Crippen molar-refractivity contribution in [2.45, 2.75) is 18.7 Å². The predicted octanol–water partition coefficient (Wildman–Crippen LogP) is 3.52. The summed E-state index contributed by atoms with van der Waals surface area (Å²) >= 11 is 0. The van der Waals surface area contributed by atoms with E-state index in [-0.39, 0.29) is 12.0 Å². The topological polar surface area (TPSA) is 33.1 Å². The van der Waals surface area contributed by atoms with Gasteiger partial charge in [0.1, 0.15) is 5.82 Å². The minimum absolute atomic E-state index is 0.00787. The number of hydrogen-bond donors (Lipinski definition) is 1. The molecule has 0 saturated heterocycles. The Bertz CT molecular complexity index is 583. The van der Waals surface area contributed by atoms with Gasteiger partial charge in [-0.1, -0.05) is 18.2 Å². The summed E-state index contributed by atoms with van der Waals surface area (Å²) in [6.07, 6.45) is -3.16. The van der Waals surface area contributed by atoms with Crippen molar-refractivity contribution in [3.63, 3.8) is 0 Å². The Kier molecular flexibility index (Phi) is 4.04. The molecule has 1 aromatic carbocycles. The lowest BCUT2D eigenvalue weighted by Crippen LogP contribution is -2.12. The van der Waals surface area contributed by atoms with Crippen LogP contribution in [0.15, 0.2) is 42.7 Å². The van der Waals surface area contributed by atoms with Crippen molar-refractivity contribution >= 4 is 0 Å². The van der Waals surface area contributed by atoms with Crippen molar-refractivity contribution in [1.82, 2.24) is 4.98 Å². The van der Waals surface area contributed by atoms with Crippen LogP contribution in [0.3, 0.4) is 0 Å². The van der Waals surface area contributed by atoms with Crippen LogP contribution in [-0.4, -0.2) is 10.1 Å². The van der Waals surface area contributed by atoms with Gasteiger partial charge in [0.2, 0.25) is 0 Å². The Balaban J connectivity index is 2.29. The van der Waals surface area contributed by atoms with E-state index >= 15 is 0 Å². The molecule has 1 aromatic heterocycles. The lowest BCUT2D eigenvalue weighted by Gasteiger charge is -2.15. The highest BCUT2D eigenvalue weighted by atomic mass is 19.4. The van der Waals surface area contributed by atoms with Crippen molar-refractivity contribution in [2.75, 3.05) is 0 Å².